The minimum Gasteiger partial charge on any atom is -0.489 e. The summed E-state index contributed by atoms with van der Waals surface area (Å²) in [5.74, 6) is 0.445. The van der Waals surface area contributed by atoms with Gasteiger partial charge in [0.2, 0.25) is 0 Å². The first-order valence-electron chi connectivity index (χ1n) is 9.74. The first-order valence-corrected chi connectivity index (χ1v) is 9.74. The van der Waals surface area contributed by atoms with E-state index in [0.29, 0.717) is 11.4 Å². The van der Waals surface area contributed by atoms with E-state index in [0.717, 1.165) is 28.0 Å². The molecule has 0 saturated heterocycles. The molecule has 2 N–H and O–H groups in total. The van der Waals surface area contributed by atoms with E-state index in [1.807, 2.05) is 74.5 Å². The van der Waals surface area contributed by atoms with Crippen LogP contribution in [0.5, 0.6) is 5.75 Å². The molecule has 150 valence electrons. The number of ether oxygens (including phenoxy) is 1. The van der Waals surface area contributed by atoms with Gasteiger partial charge in [0.1, 0.15) is 11.4 Å². The molecule has 6 heteroatoms. The molecule has 30 heavy (non-hydrogen) atoms. The van der Waals surface area contributed by atoms with E-state index in [1.165, 1.54) is 0 Å². The topological polar surface area (TPSA) is 76.1 Å². The van der Waals surface area contributed by atoms with Crippen molar-refractivity contribution in [2.45, 2.75) is 20.0 Å². The van der Waals surface area contributed by atoms with Gasteiger partial charge in [-0.1, -0.05) is 30.3 Å². The maximum Gasteiger partial charge on any atom is 0.274 e. The third-order valence-electron chi connectivity index (χ3n) is 4.40. The van der Waals surface area contributed by atoms with Crippen LogP contribution in [0.1, 0.15) is 24.3 Å². The highest BCUT2D eigenvalue weighted by atomic mass is 16.5. The number of anilines is 3. The molecule has 0 saturated carbocycles. The first-order chi connectivity index (χ1) is 14.6. The lowest BCUT2D eigenvalue weighted by Crippen LogP contribution is -2.14. The summed E-state index contributed by atoms with van der Waals surface area (Å²) in [5.41, 5.74) is 3.25. The molecule has 2 heterocycles. The van der Waals surface area contributed by atoms with Gasteiger partial charge in [0, 0.05) is 23.5 Å². The number of fused-ring (bicyclic) bond motifs is 1. The fourth-order valence-electron chi connectivity index (χ4n) is 3.11. The van der Waals surface area contributed by atoms with Crippen LogP contribution in [-0.2, 0) is 0 Å². The van der Waals surface area contributed by atoms with Crippen LogP contribution in [0.15, 0.2) is 79.1 Å². The van der Waals surface area contributed by atoms with Gasteiger partial charge in [-0.3, -0.25) is 14.8 Å². The molecule has 0 radical (unpaired) electrons. The molecule has 0 spiro atoms. The number of para-hydroxylation sites is 3. The number of pyridine rings is 2. The van der Waals surface area contributed by atoms with Crippen molar-refractivity contribution in [3.8, 4) is 5.75 Å². The molecule has 0 aliphatic rings. The number of hydrogen-bond donors (Lipinski definition) is 2. The predicted octanol–water partition coefficient (Wildman–Crippen LogP) is 5.41. The summed E-state index contributed by atoms with van der Waals surface area (Å²) in [4.78, 5) is 21.4. The zero-order valence-corrected chi connectivity index (χ0v) is 16.8. The largest absolute Gasteiger partial charge is 0.489 e. The van der Waals surface area contributed by atoms with Gasteiger partial charge in [-0.25, -0.2) is 0 Å². The normalized spacial score (nSPS) is 10.8. The average molecular weight is 398 g/mol. The van der Waals surface area contributed by atoms with E-state index in [-0.39, 0.29) is 12.0 Å². The average Bonchev–Trinajstić information content (AvgIpc) is 2.75. The summed E-state index contributed by atoms with van der Waals surface area (Å²) < 4.78 is 5.85. The van der Waals surface area contributed by atoms with Crippen LogP contribution < -0.4 is 15.4 Å². The molecule has 0 atom stereocenters. The fraction of sp³-hybridized carbons (Fsp3) is 0.125. The lowest BCUT2D eigenvalue weighted by molar-refractivity contribution is 0.102. The number of hydrogen-bond acceptors (Lipinski definition) is 5. The Balaban J connectivity index is 1.56. The number of nitrogens with one attached hydrogen (secondary N) is 2. The predicted molar refractivity (Wildman–Crippen MR) is 119 cm³/mol. The smallest absolute Gasteiger partial charge is 0.274 e. The molecule has 0 aliphatic heterocycles. The number of aromatic nitrogens is 2. The fourth-order valence-corrected chi connectivity index (χ4v) is 3.11. The van der Waals surface area contributed by atoms with Gasteiger partial charge >= 0.3 is 0 Å². The van der Waals surface area contributed by atoms with E-state index in [1.54, 1.807) is 18.5 Å². The van der Waals surface area contributed by atoms with Crippen molar-refractivity contribution in [1.82, 2.24) is 9.97 Å². The van der Waals surface area contributed by atoms with Crippen molar-refractivity contribution in [3.05, 3.63) is 84.8 Å². The van der Waals surface area contributed by atoms with Gasteiger partial charge in [0.15, 0.2) is 0 Å². The van der Waals surface area contributed by atoms with Gasteiger partial charge in [-0.05, 0) is 50.2 Å². The molecule has 4 rings (SSSR count). The minimum atomic E-state index is -0.302. The molecule has 0 aliphatic carbocycles. The maximum absolute atomic E-state index is 12.8. The molecule has 0 bridgehead atoms. The second-order valence-electron chi connectivity index (χ2n) is 7.05. The third-order valence-corrected chi connectivity index (χ3v) is 4.40. The number of rotatable bonds is 6. The second kappa shape index (κ2) is 8.61. The van der Waals surface area contributed by atoms with Crippen LogP contribution >= 0.6 is 0 Å². The van der Waals surface area contributed by atoms with E-state index in [4.69, 9.17) is 4.74 Å². The highest BCUT2D eigenvalue weighted by Crippen LogP contribution is 2.28. The van der Waals surface area contributed by atoms with Crippen LogP contribution in [0.4, 0.5) is 17.1 Å². The number of amides is 1. The lowest BCUT2D eigenvalue weighted by Gasteiger charge is -2.15. The van der Waals surface area contributed by atoms with Crippen molar-refractivity contribution in [3.63, 3.8) is 0 Å². The van der Waals surface area contributed by atoms with E-state index in [9.17, 15) is 4.79 Å². The SMILES string of the molecule is CC(C)Oc1ccccc1Nc1ccnc(C(=O)Nc2cccc3cccnc23)c1. The Morgan fingerprint density at radius 3 is 2.57 bits per heavy atom. The van der Waals surface area contributed by atoms with Crippen LogP contribution in [0.3, 0.4) is 0 Å². The Morgan fingerprint density at radius 1 is 0.900 bits per heavy atom. The Labute approximate surface area is 175 Å². The van der Waals surface area contributed by atoms with E-state index < -0.39 is 0 Å². The minimum absolute atomic E-state index is 0.0565. The highest BCUT2D eigenvalue weighted by molar-refractivity contribution is 6.07. The lowest BCUT2D eigenvalue weighted by atomic mass is 10.2. The van der Waals surface area contributed by atoms with Crippen LogP contribution in [0, 0.1) is 0 Å². The van der Waals surface area contributed by atoms with Crippen molar-refractivity contribution >= 4 is 33.9 Å². The maximum atomic E-state index is 12.8. The van der Waals surface area contributed by atoms with Crippen LogP contribution in [-0.4, -0.2) is 22.0 Å². The number of nitrogens with zero attached hydrogens (tertiary/aromatic N) is 2. The van der Waals surface area contributed by atoms with Crippen molar-refractivity contribution in [2.75, 3.05) is 10.6 Å². The monoisotopic (exact) mass is 398 g/mol. The Hall–Kier alpha value is -3.93. The third kappa shape index (κ3) is 4.38. The highest BCUT2D eigenvalue weighted by Gasteiger charge is 2.12. The molecule has 2 aromatic heterocycles. The van der Waals surface area contributed by atoms with E-state index in [2.05, 4.69) is 20.6 Å². The molecule has 0 unspecified atom stereocenters. The van der Waals surface area contributed by atoms with Crippen molar-refractivity contribution in [1.29, 1.82) is 0 Å². The van der Waals surface area contributed by atoms with Gasteiger partial charge in [-0.2, -0.15) is 0 Å². The molecule has 6 nitrogen and oxygen atoms in total. The Morgan fingerprint density at radius 2 is 1.70 bits per heavy atom. The van der Waals surface area contributed by atoms with Gasteiger partial charge in [-0.15, -0.1) is 0 Å². The summed E-state index contributed by atoms with van der Waals surface area (Å²) >= 11 is 0. The number of carbonyl (C=O) groups is 1. The second-order valence-corrected chi connectivity index (χ2v) is 7.05. The summed E-state index contributed by atoms with van der Waals surface area (Å²) in [7, 11) is 0. The number of carbonyl (C=O) groups excluding carboxylic acids is 1. The summed E-state index contributed by atoms with van der Waals surface area (Å²) in [6.45, 7) is 3.96. The van der Waals surface area contributed by atoms with Gasteiger partial charge in [0.05, 0.1) is 23.0 Å². The number of benzene rings is 2. The standard InChI is InChI=1S/C24H22N4O2/c1-16(2)30-22-11-4-3-9-19(22)27-18-12-14-25-21(15-18)24(29)28-20-10-5-7-17-8-6-13-26-23(17)20/h3-16H,1-2H3,(H,25,27)(H,28,29). The van der Waals surface area contributed by atoms with Crippen molar-refractivity contribution in [2.24, 2.45) is 0 Å². The molecular formula is C24H22N4O2. The van der Waals surface area contributed by atoms with E-state index >= 15 is 0 Å². The van der Waals surface area contributed by atoms with Crippen LogP contribution in [0.25, 0.3) is 10.9 Å². The van der Waals surface area contributed by atoms with Crippen molar-refractivity contribution < 1.29 is 9.53 Å². The zero-order valence-electron chi connectivity index (χ0n) is 16.8. The van der Waals surface area contributed by atoms with Gasteiger partial charge < -0.3 is 15.4 Å². The first kappa shape index (κ1) is 19.4. The zero-order chi connectivity index (χ0) is 20.9. The summed E-state index contributed by atoms with van der Waals surface area (Å²) in [6.07, 6.45) is 3.36. The Kier molecular flexibility index (Phi) is 5.57. The molecule has 0 fully saturated rings. The Bertz CT molecular complexity index is 1190. The molecule has 1 amide bonds. The molecular weight excluding hydrogens is 376 g/mol. The van der Waals surface area contributed by atoms with Crippen LogP contribution in [0.2, 0.25) is 0 Å². The summed E-state index contributed by atoms with van der Waals surface area (Å²) in [6, 6.07) is 20.7. The molecule has 2 aromatic carbocycles. The summed E-state index contributed by atoms with van der Waals surface area (Å²) in [5, 5.41) is 7.18. The quantitative estimate of drug-likeness (QED) is 0.454. The molecule has 4 aromatic rings. The van der Waals surface area contributed by atoms with Gasteiger partial charge in [0.25, 0.3) is 5.91 Å².